The summed E-state index contributed by atoms with van der Waals surface area (Å²) in [5, 5.41) is 3.58. The van der Waals surface area contributed by atoms with Crippen molar-refractivity contribution in [2.75, 3.05) is 7.11 Å². The zero-order chi connectivity index (χ0) is 14.4. The molecule has 1 aromatic carbocycles. The Morgan fingerprint density at radius 1 is 1.10 bits per heavy atom. The number of pyridine rings is 1. The van der Waals surface area contributed by atoms with E-state index in [1.54, 1.807) is 7.11 Å². The van der Waals surface area contributed by atoms with E-state index in [1.807, 2.05) is 42.6 Å². The van der Waals surface area contributed by atoms with Gasteiger partial charge in [-0.1, -0.05) is 24.3 Å². The number of aromatic nitrogens is 1. The van der Waals surface area contributed by atoms with Crippen LogP contribution in [0.1, 0.15) is 31.1 Å². The molecular formula is C17H22N2O. The number of methoxy groups -OCH3 is 1. The molecule has 0 bridgehead atoms. The molecule has 106 valence electrons. The van der Waals surface area contributed by atoms with Gasteiger partial charge < -0.3 is 10.1 Å². The van der Waals surface area contributed by atoms with Crippen LogP contribution in [0.15, 0.2) is 48.7 Å². The normalized spacial score (nSPS) is 13.8. The Labute approximate surface area is 121 Å². The number of para-hydroxylation sites is 1. The molecule has 0 aliphatic carbocycles. The van der Waals surface area contributed by atoms with Crippen LogP contribution < -0.4 is 10.1 Å². The first-order chi connectivity index (χ1) is 9.70. The highest BCUT2D eigenvalue weighted by atomic mass is 16.5. The number of nitrogens with zero attached hydrogens (tertiary/aromatic N) is 1. The van der Waals surface area contributed by atoms with Crippen molar-refractivity contribution >= 4 is 0 Å². The number of rotatable bonds is 6. The van der Waals surface area contributed by atoms with E-state index in [-0.39, 0.29) is 6.04 Å². The van der Waals surface area contributed by atoms with Crippen molar-refractivity contribution in [2.45, 2.75) is 32.4 Å². The van der Waals surface area contributed by atoms with Crippen LogP contribution in [0, 0.1) is 0 Å². The van der Waals surface area contributed by atoms with Gasteiger partial charge in [0, 0.05) is 18.3 Å². The molecule has 0 saturated heterocycles. The number of hydrogen-bond acceptors (Lipinski definition) is 3. The minimum absolute atomic E-state index is 0.237. The molecule has 1 N–H and O–H groups in total. The Kier molecular flexibility index (Phi) is 5.13. The summed E-state index contributed by atoms with van der Waals surface area (Å²) in [5.74, 6) is 0.951. The van der Waals surface area contributed by atoms with E-state index in [0.29, 0.717) is 6.04 Å². The lowest BCUT2D eigenvalue weighted by molar-refractivity contribution is 0.402. The first-order valence-corrected chi connectivity index (χ1v) is 6.99. The number of benzene rings is 1. The summed E-state index contributed by atoms with van der Waals surface area (Å²) in [7, 11) is 1.72. The van der Waals surface area contributed by atoms with Gasteiger partial charge in [-0.25, -0.2) is 0 Å². The molecule has 0 spiro atoms. The average molecular weight is 270 g/mol. The Bertz CT molecular complexity index is 528. The SMILES string of the molecule is COc1ccccc1CC(C)N[C@H](C)c1ccccn1. The molecule has 0 amide bonds. The third-order valence-corrected chi connectivity index (χ3v) is 3.38. The molecule has 0 saturated carbocycles. The quantitative estimate of drug-likeness (QED) is 0.874. The molecular weight excluding hydrogens is 248 g/mol. The second kappa shape index (κ2) is 7.06. The molecule has 2 atom stereocenters. The lowest BCUT2D eigenvalue weighted by Gasteiger charge is -2.20. The average Bonchev–Trinajstić information content (AvgIpc) is 2.48. The van der Waals surface area contributed by atoms with Gasteiger partial charge in [0.15, 0.2) is 0 Å². The Morgan fingerprint density at radius 2 is 1.85 bits per heavy atom. The topological polar surface area (TPSA) is 34.1 Å². The summed E-state index contributed by atoms with van der Waals surface area (Å²) in [5.41, 5.74) is 2.29. The van der Waals surface area contributed by atoms with Crippen LogP contribution in [0.2, 0.25) is 0 Å². The van der Waals surface area contributed by atoms with Gasteiger partial charge in [-0.2, -0.15) is 0 Å². The van der Waals surface area contributed by atoms with Gasteiger partial charge in [-0.15, -0.1) is 0 Å². The fraction of sp³-hybridized carbons (Fsp3) is 0.353. The fourth-order valence-corrected chi connectivity index (χ4v) is 2.40. The predicted octanol–water partition coefficient (Wildman–Crippen LogP) is 3.37. The van der Waals surface area contributed by atoms with Crippen molar-refractivity contribution in [1.29, 1.82) is 0 Å². The molecule has 20 heavy (non-hydrogen) atoms. The van der Waals surface area contributed by atoms with Crippen molar-refractivity contribution in [2.24, 2.45) is 0 Å². The molecule has 1 unspecified atom stereocenters. The smallest absolute Gasteiger partial charge is 0.122 e. The molecule has 3 heteroatoms. The van der Waals surface area contributed by atoms with Crippen molar-refractivity contribution in [3.05, 3.63) is 59.9 Å². The minimum Gasteiger partial charge on any atom is -0.496 e. The molecule has 2 rings (SSSR count). The van der Waals surface area contributed by atoms with Crippen molar-refractivity contribution in [3.8, 4) is 5.75 Å². The van der Waals surface area contributed by atoms with Gasteiger partial charge in [0.25, 0.3) is 0 Å². The zero-order valence-electron chi connectivity index (χ0n) is 12.3. The Morgan fingerprint density at radius 3 is 2.55 bits per heavy atom. The minimum atomic E-state index is 0.237. The Hall–Kier alpha value is -1.87. The molecule has 0 aliphatic heterocycles. The first kappa shape index (κ1) is 14.5. The lowest BCUT2D eigenvalue weighted by Crippen LogP contribution is -2.31. The summed E-state index contributed by atoms with van der Waals surface area (Å²) in [4.78, 5) is 4.39. The molecule has 0 aliphatic rings. The molecule has 1 heterocycles. The largest absolute Gasteiger partial charge is 0.496 e. The van der Waals surface area contributed by atoms with Gasteiger partial charge in [0.05, 0.1) is 12.8 Å². The molecule has 3 nitrogen and oxygen atoms in total. The van der Waals surface area contributed by atoms with Gasteiger partial charge in [-0.3, -0.25) is 4.98 Å². The van der Waals surface area contributed by atoms with Crippen LogP contribution in [0.25, 0.3) is 0 Å². The number of hydrogen-bond donors (Lipinski definition) is 1. The summed E-state index contributed by atoms with van der Waals surface area (Å²) in [6, 6.07) is 14.8. The van der Waals surface area contributed by atoms with E-state index >= 15 is 0 Å². The highest BCUT2D eigenvalue weighted by Crippen LogP contribution is 2.19. The van der Waals surface area contributed by atoms with E-state index in [0.717, 1.165) is 17.9 Å². The highest BCUT2D eigenvalue weighted by molar-refractivity contribution is 5.33. The van der Waals surface area contributed by atoms with E-state index < -0.39 is 0 Å². The predicted molar refractivity (Wildman–Crippen MR) is 81.9 cm³/mol. The van der Waals surface area contributed by atoms with Crippen LogP contribution in [0.3, 0.4) is 0 Å². The number of nitrogens with one attached hydrogen (secondary N) is 1. The summed E-state index contributed by atoms with van der Waals surface area (Å²) >= 11 is 0. The fourth-order valence-electron chi connectivity index (χ4n) is 2.40. The standard InChI is InChI=1S/C17H22N2O/c1-13(12-15-8-4-5-10-17(15)20-3)19-14(2)16-9-6-7-11-18-16/h4-11,13-14,19H,12H2,1-3H3/t13?,14-/m1/s1. The van der Waals surface area contributed by atoms with Crippen LogP contribution in [0.5, 0.6) is 5.75 Å². The van der Waals surface area contributed by atoms with Crippen molar-refractivity contribution in [1.82, 2.24) is 10.3 Å². The molecule has 0 radical (unpaired) electrons. The van der Waals surface area contributed by atoms with E-state index in [1.165, 1.54) is 5.56 Å². The number of ether oxygens (including phenoxy) is 1. The summed E-state index contributed by atoms with van der Waals surface area (Å²) < 4.78 is 5.40. The van der Waals surface area contributed by atoms with Crippen LogP contribution >= 0.6 is 0 Å². The second-order valence-electron chi connectivity index (χ2n) is 5.06. The lowest BCUT2D eigenvalue weighted by atomic mass is 10.0. The van der Waals surface area contributed by atoms with Gasteiger partial charge in [0.1, 0.15) is 5.75 Å². The third kappa shape index (κ3) is 3.81. The van der Waals surface area contributed by atoms with E-state index in [2.05, 4.69) is 30.2 Å². The van der Waals surface area contributed by atoms with Gasteiger partial charge in [0.2, 0.25) is 0 Å². The molecule has 2 aromatic rings. The summed E-state index contributed by atoms with van der Waals surface area (Å²) in [6.07, 6.45) is 2.76. The van der Waals surface area contributed by atoms with Gasteiger partial charge >= 0.3 is 0 Å². The van der Waals surface area contributed by atoms with Crippen LogP contribution in [-0.4, -0.2) is 18.1 Å². The summed E-state index contributed by atoms with van der Waals surface area (Å²) in [6.45, 7) is 4.33. The maximum absolute atomic E-state index is 5.40. The van der Waals surface area contributed by atoms with Crippen molar-refractivity contribution in [3.63, 3.8) is 0 Å². The second-order valence-corrected chi connectivity index (χ2v) is 5.06. The maximum atomic E-state index is 5.40. The van der Waals surface area contributed by atoms with E-state index in [9.17, 15) is 0 Å². The monoisotopic (exact) mass is 270 g/mol. The zero-order valence-corrected chi connectivity index (χ0v) is 12.3. The van der Waals surface area contributed by atoms with Crippen LogP contribution in [0.4, 0.5) is 0 Å². The first-order valence-electron chi connectivity index (χ1n) is 6.99. The highest BCUT2D eigenvalue weighted by Gasteiger charge is 2.12. The molecule has 0 fully saturated rings. The molecule has 1 aromatic heterocycles. The Balaban J connectivity index is 1.97. The third-order valence-electron chi connectivity index (χ3n) is 3.38. The van der Waals surface area contributed by atoms with Crippen molar-refractivity contribution < 1.29 is 4.74 Å². The maximum Gasteiger partial charge on any atom is 0.122 e. The van der Waals surface area contributed by atoms with E-state index in [4.69, 9.17) is 4.74 Å². The van der Waals surface area contributed by atoms with Gasteiger partial charge in [-0.05, 0) is 44.0 Å². The van der Waals surface area contributed by atoms with Crippen LogP contribution in [-0.2, 0) is 6.42 Å².